The van der Waals surface area contributed by atoms with Crippen molar-refractivity contribution in [1.82, 2.24) is 10.2 Å². The first-order chi connectivity index (χ1) is 13.8. The number of carbonyl (C=O) groups is 2. The van der Waals surface area contributed by atoms with E-state index in [-0.39, 0.29) is 25.0 Å². The number of hydrogen-bond acceptors (Lipinski definition) is 3. The number of ether oxygens (including phenoxy) is 1. The van der Waals surface area contributed by atoms with E-state index < -0.39 is 6.04 Å². The Bertz CT molecular complexity index is 864. The largest absolute Gasteiger partial charge is 0.482 e. The first-order valence-electron chi connectivity index (χ1n) is 9.22. The lowest BCUT2D eigenvalue weighted by Gasteiger charge is -2.29. The third-order valence-electron chi connectivity index (χ3n) is 4.26. The topological polar surface area (TPSA) is 58.6 Å². The zero-order valence-corrected chi connectivity index (χ0v) is 19.4. The minimum atomic E-state index is -0.686. The van der Waals surface area contributed by atoms with Gasteiger partial charge in [-0.15, -0.1) is 0 Å². The van der Waals surface area contributed by atoms with Gasteiger partial charge in [-0.05, 0) is 43.2 Å². The summed E-state index contributed by atoms with van der Waals surface area (Å²) in [7, 11) is 0. The summed E-state index contributed by atoms with van der Waals surface area (Å²) >= 11 is 15.7. The molecule has 1 unspecified atom stereocenters. The molecule has 2 rings (SSSR count). The number of carbonyl (C=O) groups excluding carboxylic acids is 2. The van der Waals surface area contributed by atoms with Gasteiger partial charge >= 0.3 is 0 Å². The van der Waals surface area contributed by atoms with E-state index in [1.165, 1.54) is 4.90 Å². The summed E-state index contributed by atoms with van der Waals surface area (Å²) in [5.74, 6) is -0.180. The van der Waals surface area contributed by atoms with Crippen molar-refractivity contribution in [1.29, 1.82) is 0 Å². The molecule has 0 fully saturated rings. The number of nitrogens with one attached hydrogen (secondary N) is 1. The number of nitrogens with zero attached hydrogens (tertiary/aromatic N) is 1. The van der Waals surface area contributed by atoms with Crippen LogP contribution in [0.2, 0.25) is 10.0 Å². The van der Waals surface area contributed by atoms with E-state index in [1.807, 2.05) is 25.1 Å². The highest BCUT2D eigenvalue weighted by Crippen LogP contribution is 2.28. The van der Waals surface area contributed by atoms with Gasteiger partial charge in [0.25, 0.3) is 5.91 Å². The molecule has 5 nitrogen and oxygen atoms in total. The molecule has 156 valence electrons. The van der Waals surface area contributed by atoms with Crippen LogP contribution in [0.15, 0.2) is 46.9 Å². The van der Waals surface area contributed by atoms with Crippen LogP contribution >= 0.6 is 39.1 Å². The Balaban J connectivity index is 2.17. The van der Waals surface area contributed by atoms with Gasteiger partial charge in [-0.1, -0.05) is 64.3 Å². The highest BCUT2D eigenvalue weighted by molar-refractivity contribution is 9.10. The molecule has 8 heteroatoms. The van der Waals surface area contributed by atoms with Gasteiger partial charge in [0.05, 0.1) is 5.02 Å². The summed E-state index contributed by atoms with van der Waals surface area (Å²) in [6.07, 6.45) is 0.808. The molecule has 0 saturated heterocycles. The highest BCUT2D eigenvalue weighted by atomic mass is 79.9. The molecule has 2 aromatic rings. The quantitative estimate of drug-likeness (QED) is 0.521. The van der Waals surface area contributed by atoms with E-state index >= 15 is 0 Å². The first kappa shape index (κ1) is 23.5. The van der Waals surface area contributed by atoms with Gasteiger partial charge < -0.3 is 15.0 Å². The lowest BCUT2D eigenvalue weighted by molar-refractivity contribution is -0.142. The number of halogens is 3. The molecule has 2 aromatic carbocycles. The van der Waals surface area contributed by atoms with Gasteiger partial charge in [0, 0.05) is 22.6 Å². The lowest BCUT2D eigenvalue weighted by atomic mass is 10.1. The summed E-state index contributed by atoms with van der Waals surface area (Å²) in [5.41, 5.74) is 0.749. The van der Waals surface area contributed by atoms with Crippen molar-refractivity contribution >= 4 is 50.9 Å². The molecule has 1 atom stereocenters. The van der Waals surface area contributed by atoms with Gasteiger partial charge in [0.15, 0.2) is 6.61 Å². The Kier molecular flexibility index (Phi) is 9.27. The minimum Gasteiger partial charge on any atom is -0.482 e. The van der Waals surface area contributed by atoms with Crippen molar-refractivity contribution in [2.45, 2.75) is 32.9 Å². The van der Waals surface area contributed by atoms with Crippen LogP contribution in [-0.2, 0) is 16.1 Å². The van der Waals surface area contributed by atoms with Crippen molar-refractivity contribution in [2.75, 3.05) is 13.2 Å². The van der Waals surface area contributed by atoms with Crippen LogP contribution in [0, 0.1) is 0 Å². The Morgan fingerprint density at radius 2 is 1.90 bits per heavy atom. The van der Waals surface area contributed by atoms with Crippen LogP contribution in [0.1, 0.15) is 25.8 Å². The first-order valence-corrected chi connectivity index (χ1v) is 10.8. The van der Waals surface area contributed by atoms with Gasteiger partial charge in [0.2, 0.25) is 5.91 Å². The van der Waals surface area contributed by atoms with Crippen molar-refractivity contribution in [2.24, 2.45) is 0 Å². The van der Waals surface area contributed by atoms with Crippen LogP contribution in [0.5, 0.6) is 5.75 Å². The zero-order chi connectivity index (χ0) is 21.4. The average molecular weight is 502 g/mol. The monoisotopic (exact) mass is 500 g/mol. The van der Waals surface area contributed by atoms with Gasteiger partial charge in [-0.3, -0.25) is 9.59 Å². The fraction of sp³-hybridized carbons (Fsp3) is 0.333. The second kappa shape index (κ2) is 11.4. The average Bonchev–Trinajstić information content (AvgIpc) is 2.70. The second-order valence-electron chi connectivity index (χ2n) is 6.44. The Hall–Kier alpha value is -1.76. The van der Waals surface area contributed by atoms with Crippen molar-refractivity contribution < 1.29 is 14.3 Å². The summed E-state index contributed by atoms with van der Waals surface area (Å²) < 4.78 is 6.41. The molecule has 2 amide bonds. The third kappa shape index (κ3) is 6.91. The predicted molar refractivity (Wildman–Crippen MR) is 119 cm³/mol. The van der Waals surface area contributed by atoms with E-state index in [4.69, 9.17) is 27.9 Å². The van der Waals surface area contributed by atoms with Crippen LogP contribution in [0.3, 0.4) is 0 Å². The molecule has 0 saturated carbocycles. The third-order valence-corrected chi connectivity index (χ3v) is 5.42. The molecule has 0 aromatic heterocycles. The molecule has 0 aliphatic carbocycles. The van der Waals surface area contributed by atoms with E-state index in [0.717, 1.165) is 16.5 Å². The molecular formula is C21H23BrCl2N2O3. The second-order valence-corrected chi connectivity index (χ2v) is 8.17. The minimum absolute atomic E-state index is 0.191. The number of hydrogen-bond donors (Lipinski definition) is 1. The zero-order valence-electron chi connectivity index (χ0n) is 16.3. The van der Waals surface area contributed by atoms with E-state index in [1.54, 1.807) is 31.2 Å². The van der Waals surface area contributed by atoms with E-state index in [0.29, 0.717) is 22.3 Å². The highest BCUT2D eigenvalue weighted by Gasteiger charge is 2.27. The molecule has 0 heterocycles. The maximum absolute atomic E-state index is 13.0. The van der Waals surface area contributed by atoms with Gasteiger partial charge in [0.1, 0.15) is 11.8 Å². The maximum Gasteiger partial charge on any atom is 0.261 e. The molecule has 0 radical (unpaired) electrons. The number of amides is 2. The molecule has 0 aliphatic rings. The molecule has 0 aliphatic heterocycles. The van der Waals surface area contributed by atoms with E-state index in [2.05, 4.69) is 21.2 Å². The summed E-state index contributed by atoms with van der Waals surface area (Å²) in [6, 6.07) is 11.7. The van der Waals surface area contributed by atoms with Crippen LogP contribution in [-0.4, -0.2) is 35.9 Å². The van der Waals surface area contributed by atoms with Crippen LogP contribution in [0.4, 0.5) is 0 Å². The fourth-order valence-corrected chi connectivity index (χ4v) is 3.53. The Morgan fingerprint density at radius 3 is 2.55 bits per heavy atom. The Morgan fingerprint density at radius 1 is 1.17 bits per heavy atom. The summed E-state index contributed by atoms with van der Waals surface area (Å²) in [4.78, 5) is 26.9. The normalized spacial score (nSPS) is 11.6. The summed E-state index contributed by atoms with van der Waals surface area (Å²) in [5, 5.41) is 3.74. The van der Waals surface area contributed by atoms with Crippen molar-refractivity contribution in [3.63, 3.8) is 0 Å². The van der Waals surface area contributed by atoms with Crippen molar-refractivity contribution in [3.05, 3.63) is 62.5 Å². The number of benzene rings is 2. The molecule has 29 heavy (non-hydrogen) atoms. The van der Waals surface area contributed by atoms with Crippen LogP contribution < -0.4 is 10.1 Å². The SMILES string of the molecule is CCCNC(=O)C(C)N(Cc1ccccc1Cl)C(=O)COc1ccc(Br)cc1Cl. The number of rotatable bonds is 9. The lowest BCUT2D eigenvalue weighted by Crippen LogP contribution is -2.49. The molecule has 0 bridgehead atoms. The predicted octanol–water partition coefficient (Wildman–Crippen LogP) is 5.08. The standard InChI is InChI=1S/C21H23BrCl2N2O3/c1-3-10-25-21(28)14(2)26(12-15-6-4-5-7-17(15)23)20(27)13-29-19-9-8-16(22)11-18(19)24/h4-9,11,14H,3,10,12-13H2,1-2H3,(H,25,28). The smallest absolute Gasteiger partial charge is 0.261 e. The molecular weight excluding hydrogens is 479 g/mol. The fourth-order valence-electron chi connectivity index (χ4n) is 2.60. The van der Waals surface area contributed by atoms with Gasteiger partial charge in [-0.25, -0.2) is 0 Å². The summed E-state index contributed by atoms with van der Waals surface area (Å²) in [6.45, 7) is 4.13. The van der Waals surface area contributed by atoms with Crippen molar-refractivity contribution in [3.8, 4) is 5.75 Å². The maximum atomic E-state index is 13.0. The molecule has 1 N–H and O–H groups in total. The van der Waals surface area contributed by atoms with Crippen LogP contribution in [0.25, 0.3) is 0 Å². The van der Waals surface area contributed by atoms with E-state index in [9.17, 15) is 9.59 Å². The van der Waals surface area contributed by atoms with Gasteiger partial charge in [-0.2, -0.15) is 0 Å². The molecule has 0 spiro atoms. The Labute approximate surface area is 189 Å².